The second kappa shape index (κ2) is 6.95. The fourth-order valence-corrected chi connectivity index (χ4v) is 1.75. The van der Waals surface area contributed by atoms with Crippen molar-refractivity contribution in [3.05, 3.63) is 39.9 Å². The molecule has 0 aliphatic heterocycles. The molecule has 1 nitrogen and oxygen atoms in total. The van der Waals surface area contributed by atoms with Crippen LogP contribution in [0, 0.1) is 5.92 Å². The summed E-state index contributed by atoms with van der Waals surface area (Å²) in [6.45, 7) is 6.26. The van der Waals surface area contributed by atoms with Gasteiger partial charge < -0.3 is 5.32 Å². The van der Waals surface area contributed by atoms with Gasteiger partial charge in [-0.15, -0.1) is 0 Å². The topological polar surface area (TPSA) is 12.0 Å². The van der Waals surface area contributed by atoms with Crippen LogP contribution >= 0.6 is 23.2 Å². The fourth-order valence-electron chi connectivity index (χ4n) is 1.28. The molecule has 0 atom stereocenters. The molecule has 3 heteroatoms. The van der Waals surface area contributed by atoms with Gasteiger partial charge in [-0.2, -0.15) is 0 Å². The summed E-state index contributed by atoms with van der Waals surface area (Å²) >= 11 is 11.9. The van der Waals surface area contributed by atoms with E-state index < -0.39 is 0 Å². The Labute approximate surface area is 107 Å². The van der Waals surface area contributed by atoms with Crippen molar-refractivity contribution in [1.82, 2.24) is 5.32 Å². The van der Waals surface area contributed by atoms with Crippen molar-refractivity contribution in [3.63, 3.8) is 0 Å². The van der Waals surface area contributed by atoms with Gasteiger partial charge in [0.25, 0.3) is 0 Å². The number of hydrogen-bond acceptors (Lipinski definition) is 1. The van der Waals surface area contributed by atoms with E-state index in [1.54, 1.807) is 6.07 Å². The van der Waals surface area contributed by atoms with Gasteiger partial charge in [0.1, 0.15) is 0 Å². The predicted molar refractivity (Wildman–Crippen MR) is 73.2 cm³/mol. The molecule has 0 fully saturated rings. The highest BCUT2D eigenvalue weighted by Crippen LogP contribution is 2.21. The van der Waals surface area contributed by atoms with Gasteiger partial charge in [-0.1, -0.05) is 55.3 Å². The second-order valence-electron chi connectivity index (χ2n) is 4.12. The molecule has 0 saturated heterocycles. The lowest BCUT2D eigenvalue weighted by Gasteiger charge is -2.04. The molecule has 0 saturated carbocycles. The summed E-state index contributed by atoms with van der Waals surface area (Å²) in [5, 5.41) is 4.68. The molecule has 0 amide bonds. The van der Waals surface area contributed by atoms with Gasteiger partial charge in [0.15, 0.2) is 0 Å². The first-order chi connectivity index (χ1) is 7.59. The lowest BCUT2D eigenvalue weighted by molar-refractivity contribution is 0.577. The maximum absolute atomic E-state index is 6.04. The van der Waals surface area contributed by atoms with Crippen LogP contribution in [-0.4, -0.2) is 13.1 Å². The first kappa shape index (κ1) is 13.6. The molecular weight excluding hydrogens is 241 g/mol. The number of hydrogen-bond donors (Lipinski definition) is 1. The minimum Gasteiger partial charge on any atom is -0.313 e. The molecule has 88 valence electrons. The maximum Gasteiger partial charge on any atom is 0.0493 e. The zero-order valence-corrected chi connectivity index (χ0v) is 11.1. The van der Waals surface area contributed by atoms with Crippen LogP contribution in [0.3, 0.4) is 0 Å². The van der Waals surface area contributed by atoms with Gasteiger partial charge in [0, 0.05) is 16.6 Å². The molecule has 0 aliphatic rings. The van der Waals surface area contributed by atoms with Gasteiger partial charge in [-0.25, -0.2) is 0 Å². The zero-order chi connectivity index (χ0) is 12.0. The Bertz CT molecular complexity index is 359. The Morgan fingerprint density at radius 3 is 2.69 bits per heavy atom. The molecule has 0 spiro atoms. The second-order valence-corrected chi connectivity index (χ2v) is 4.96. The van der Waals surface area contributed by atoms with Crippen molar-refractivity contribution in [1.29, 1.82) is 0 Å². The highest BCUT2D eigenvalue weighted by molar-refractivity contribution is 6.35. The maximum atomic E-state index is 6.04. The Morgan fingerprint density at radius 1 is 1.31 bits per heavy atom. The summed E-state index contributed by atoms with van der Waals surface area (Å²) in [7, 11) is 0. The van der Waals surface area contributed by atoms with E-state index in [9.17, 15) is 0 Å². The van der Waals surface area contributed by atoms with Crippen molar-refractivity contribution < 1.29 is 0 Å². The van der Waals surface area contributed by atoms with E-state index in [2.05, 4.69) is 25.2 Å². The third-order valence-corrected chi connectivity index (χ3v) is 2.64. The molecule has 0 aliphatic carbocycles. The summed E-state index contributed by atoms with van der Waals surface area (Å²) in [5.41, 5.74) is 0.998. The van der Waals surface area contributed by atoms with E-state index in [4.69, 9.17) is 23.2 Å². The van der Waals surface area contributed by atoms with Gasteiger partial charge in [-0.3, -0.25) is 0 Å². The molecule has 0 unspecified atom stereocenters. The van der Waals surface area contributed by atoms with E-state index in [1.165, 1.54) is 0 Å². The Morgan fingerprint density at radius 2 is 2.06 bits per heavy atom. The van der Waals surface area contributed by atoms with Gasteiger partial charge >= 0.3 is 0 Å². The first-order valence-corrected chi connectivity index (χ1v) is 6.17. The molecule has 1 aromatic rings. The molecule has 0 bridgehead atoms. The Hall–Kier alpha value is -0.500. The van der Waals surface area contributed by atoms with Gasteiger partial charge in [0.05, 0.1) is 0 Å². The zero-order valence-electron chi connectivity index (χ0n) is 9.63. The highest BCUT2D eigenvalue weighted by atomic mass is 35.5. The SMILES string of the molecule is CC(C)CNCC=Cc1ccc(Cl)cc1Cl. The molecule has 16 heavy (non-hydrogen) atoms. The molecule has 1 rings (SSSR count). The van der Waals surface area contributed by atoms with E-state index in [1.807, 2.05) is 18.2 Å². The molecular formula is C13H17Cl2N. The fraction of sp³-hybridized carbons (Fsp3) is 0.385. The average Bonchev–Trinajstić information content (AvgIpc) is 2.20. The van der Waals surface area contributed by atoms with E-state index in [0.29, 0.717) is 16.0 Å². The highest BCUT2D eigenvalue weighted by Gasteiger charge is 1.96. The monoisotopic (exact) mass is 257 g/mol. The summed E-state index contributed by atoms with van der Waals surface area (Å²) < 4.78 is 0. The van der Waals surface area contributed by atoms with Crippen molar-refractivity contribution in [2.45, 2.75) is 13.8 Å². The van der Waals surface area contributed by atoms with E-state index in [-0.39, 0.29) is 0 Å². The van der Waals surface area contributed by atoms with Crippen LogP contribution < -0.4 is 5.32 Å². The number of nitrogens with one attached hydrogen (secondary N) is 1. The van der Waals surface area contributed by atoms with Crippen LogP contribution in [0.5, 0.6) is 0 Å². The van der Waals surface area contributed by atoms with Crippen molar-refractivity contribution in [2.75, 3.05) is 13.1 Å². The number of halogens is 2. The largest absolute Gasteiger partial charge is 0.313 e. The van der Waals surface area contributed by atoms with Crippen molar-refractivity contribution in [2.24, 2.45) is 5.92 Å². The van der Waals surface area contributed by atoms with Crippen LogP contribution in [0.2, 0.25) is 10.0 Å². The van der Waals surface area contributed by atoms with Crippen LogP contribution in [-0.2, 0) is 0 Å². The van der Waals surface area contributed by atoms with Crippen molar-refractivity contribution >= 4 is 29.3 Å². The summed E-state index contributed by atoms with van der Waals surface area (Å²) in [5.74, 6) is 0.674. The normalized spacial score (nSPS) is 11.6. The molecule has 0 heterocycles. The third kappa shape index (κ3) is 5.02. The summed E-state index contributed by atoms with van der Waals surface area (Å²) in [6.07, 6.45) is 4.07. The van der Waals surface area contributed by atoms with Crippen LogP contribution in [0.1, 0.15) is 19.4 Å². The number of benzene rings is 1. The molecule has 1 aromatic carbocycles. The Balaban J connectivity index is 2.44. The smallest absolute Gasteiger partial charge is 0.0493 e. The van der Waals surface area contributed by atoms with Crippen LogP contribution in [0.15, 0.2) is 24.3 Å². The molecule has 0 aromatic heterocycles. The minimum atomic E-state index is 0.667. The molecule has 0 radical (unpaired) electrons. The number of rotatable bonds is 5. The molecule has 1 N–H and O–H groups in total. The summed E-state index contributed by atoms with van der Waals surface area (Å²) in [6, 6.07) is 5.52. The third-order valence-electron chi connectivity index (χ3n) is 2.07. The van der Waals surface area contributed by atoms with Crippen LogP contribution in [0.25, 0.3) is 6.08 Å². The standard InChI is InChI=1S/C13H17Cl2N/c1-10(2)9-16-7-3-4-11-5-6-12(14)8-13(11)15/h3-6,8,10,16H,7,9H2,1-2H3. The first-order valence-electron chi connectivity index (χ1n) is 5.42. The lowest BCUT2D eigenvalue weighted by atomic mass is 10.2. The summed E-state index contributed by atoms with van der Waals surface area (Å²) in [4.78, 5) is 0. The van der Waals surface area contributed by atoms with E-state index >= 15 is 0 Å². The van der Waals surface area contributed by atoms with Crippen molar-refractivity contribution in [3.8, 4) is 0 Å². The lowest BCUT2D eigenvalue weighted by Crippen LogP contribution is -2.19. The minimum absolute atomic E-state index is 0.667. The van der Waals surface area contributed by atoms with Gasteiger partial charge in [-0.05, 0) is 30.2 Å². The Kier molecular flexibility index (Phi) is 5.89. The average molecular weight is 258 g/mol. The quantitative estimate of drug-likeness (QED) is 0.778. The predicted octanol–water partition coefficient (Wildman–Crippen LogP) is 4.25. The van der Waals surface area contributed by atoms with Gasteiger partial charge in [0.2, 0.25) is 0 Å². The van der Waals surface area contributed by atoms with Crippen LogP contribution in [0.4, 0.5) is 0 Å². The van der Waals surface area contributed by atoms with E-state index in [0.717, 1.165) is 18.7 Å².